The normalized spacial score (nSPS) is 15.3. The highest BCUT2D eigenvalue weighted by molar-refractivity contribution is 5.82. The summed E-state index contributed by atoms with van der Waals surface area (Å²) in [5.74, 6) is 1.06. The van der Waals surface area contributed by atoms with Gasteiger partial charge >= 0.3 is 5.97 Å². The molecule has 9 heavy (non-hydrogen) atoms. The van der Waals surface area contributed by atoms with Crippen molar-refractivity contribution in [3.05, 3.63) is 0 Å². The van der Waals surface area contributed by atoms with E-state index in [1.165, 1.54) is 6.92 Å². The Morgan fingerprint density at radius 3 is 2.44 bits per heavy atom. The highest BCUT2D eigenvalue weighted by Gasteiger charge is 2.27. The fourth-order valence-corrected chi connectivity index (χ4v) is 0.258. The zero-order valence-corrected chi connectivity index (χ0v) is 5.34. The van der Waals surface area contributed by atoms with Crippen LogP contribution in [0.3, 0.4) is 0 Å². The van der Waals surface area contributed by atoms with E-state index in [1.54, 1.807) is 0 Å². The molecule has 50 valence electrons. The summed E-state index contributed by atoms with van der Waals surface area (Å²) < 4.78 is 4.17. The van der Waals surface area contributed by atoms with Gasteiger partial charge in [-0.3, -0.25) is 0 Å². The molecule has 0 fully saturated rings. The number of hydrogen-bond donors (Lipinski definition) is 1. The summed E-state index contributed by atoms with van der Waals surface area (Å²) in [4.78, 5) is 10.4. The first kappa shape index (κ1) is 7.99. The average molecular weight is 128 g/mol. The number of carbonyl (C=O) groups is 1. The van der Waals surface area contributed by atoms with Gasteiger partial charge in [0.1, 0.15) is 0 Å². The van der Waals surface area contributed by atoms with Crippen LogP contribution in [0.1, 0.15) is 6.92 Å². The molecule has 0 spiro atoms. The van der Waals surface area contributed by atoms with Gasteiger partial charge in [0, 0.05) is 0 Å². The van der Waals surface area contributed by atoms with Crippen LogP contribution in [0.25, 0.3) is 0 Å². The molecule has 0 radical (unpaired) electrons. The van der Waals surface area contributed by atoms with Crippen molar-refractivity contribution < 1.29 is 14.6 Å². The minimum Gasteiger partial charge on any atom is -0.466 e. The molecule has 0 rings (SSSR count). The van der Waals surface area contributed by atoms with Crippen LogP contribution < -0.4 is 0 Å². The first-order chi connectivity index (χ1) is 4.04. The maximum Gasteiger partial charge on any atom is 0.350 e. The Morgan fingerprint density at radius 1 is 1.89 bits per heavy atom. The summed E-state index contributed by atoms with van der Waals surface area (Å²) in [6.45, 7) is 1.19. The molecule has 0 aromatic carbocycles. The Balaban J connectivity index is 4.19. The third-order valence-corrected chi connectivity index (χ3v) is 0.864. The monoisotopic (exact) mass is 128 g/mol. The summed E-state index contributed by atoms with van der Waals surface area (Å²) in [5, 5.41) is 8.88. The second-order valence-electron chi connectivity index (χ2n) is 1.71. The molecule has 1 N–H and O–H groups in total. The third kappa shape index (κ3) is 1.74. The van der Waals surface area contributed by atoms with Gasteiger partial charge in [-0.2, -0.15) is 0 Å². The molecule has 0 aliphatic heterocycles. The van der Waals surface area contributed by atoms with Crippen LogP contribution in [0.5, 0.6) is 0 Å². The van der Waals surface area contributed by atoms with Crippen LogP contribution in [0.4, 0.5) is 0 Å². The predicted molar refractivity (Wildman–Crippen MR) is 31.5 cm³/mol. The van der Waals surface area contributed by atoms with E-state index in [0.717, 1.165) is 7.11 Å². The van der Waals surface area contributed by atoms with Gasteiger partial charge < -0.3 is 9.84 Å². The highest BCUT2D eigenvalue weighted by atomic mass is 16.5. The van der Waals surface area contributed by atoms with Gasteiger partial charge in [-0.05, 0) is 6.92 Å². The van der Waals surface area contributed by atoms with Gasteiger partial charge in [-0.15, -0.1) is 6.42 Å². The lowest BCUT2D eigenvalue weighted by Gasteiger charge is -2.11. The Kier molecular flexibility index (Phi) is 2.23. The molecule has 0 heterocycles. The second kappa shape index (κ2) is 2.51. The standard InChI is InChI=1S/C6H8O3/c1-4-6(2,8)5(7)9-3/h1,8H,2-3H3. The third-order valence-electron chi connectivity index (χ3n) is 0.864. The van der Waals surface area contributed by atoms with E-state index in [9.17, 15) is 4.79 Å². The molecule has 0 aliphatic carbocycles. The van der Waals surface area contributed by atoms with Crippen molar-refractivity contribution in [1.29, 1.82) is 0 Å². The number of methoxy groups -OCH3 is 1. The molecule has 0 saturated carbocycles. The molecule has 0 saturated heterocycles. The van der Waals surface area contributed by atoms with Crippen molar-refractivity contribution in [2.75, 3.05) is 7.11 Å². The number of terminal acetylenes is 1. The SMILES string of the molecule is C#CC(C)(O)C(=O)OC. The van der Waals surface area contributed by atoms with Crippen LogP contribution in [0, 0.1) is 12.3 Å². The summed E-state index contributed by atoms with van der Waals surface area (Å²) in [7, 11) is 1.16. The maximum absolute atomic E-state index is 10.4. The molecule has 1 atom stereocenters. The van der Waals surface area contributed by atoms with E-state index in [-0.39, 0.29) is 0 Å². The van der Waals surface area contributed by atoms with Gasteiger partial charge in [0.25, 0.3) is 0 Å². The van der Waals surface area contributed by atoms with Crippen molar-refractivity contribution in [3.63, 3.8) is 0 Å². The van der Waals surface area contributed by atoms with E-state index >= 15 is 0 Å². The second-order valence-corrected chi connectivity index (χ2v) is 1.71. The number of aliphatic hydroxyl groups is 1. The molecular weight excluding hydrogens is 120 g/mol. The number of rotatable bonds is 1. The van der Waals surface area contributed by atoms with E-state index in [0.29, 0.717) is 0 Å². The lowest BCUT2D eigenvalue weighted by atomic mass is 10.1. The van der Waals surface area contributed by atoms with Crippen LogP contribution in [0.15, 0.2) is 0 Å². The topological polar surface area (TPSA) is 46.5 Å². The summed E-state index contributed by atoms with van der Waals surface area (Å²) >= 11 is 0. The molecule has 0 bridgehead atoms. The van der Waals surface area contributed by atoms with Crippen molar-refractivity contribution in [3.8, 4) is 12.3 Å². The minimum absolute atomic E-state index is 0.815. The lowest BCUT2D eigenvalue weighted by molar-refractivity contribution is -0.154. The largest absolute Gasteiger partial charge is 0.466 e. The van der Waals surface area contributed by atoms with Crippen molar-refractivity contribution in [2.45, 2.75) is 12.5 Å². The number of hydrogen-bond acceptors (Lipinski definition) is 3. The van der Waals surface area contributed by atoms with Crippen molar-refractivity contribution in [1.82, 2.24) is 0 Å². The van der Waals surface area contributed by atoms with Crippen molar-refractivity contribution >= 4 is 5.97 Å². The highest BCUT2D eigenvalue weighted by Crippen LogP contribution is 2.01. The molecular formula is C6H8O3. The zero-order valence-electron chi connectivity index (χ0n) is 5.34. The molecule has 0 aliphatic rings. The molecule has 0 aromatic heterocycles. The van der Waals surface area contributed by atoms with Gasteiger partial charge in [0.05, 0.1) is 7.11 Å². The van der Waals surface area contributed by atoms with E-state index < -0.39 is 11.6 Å². The Hall–Kier alpha value is -1.01. The molecule has 0 amide bonds. The van der Waals surface area contributed by atoms with Crippen molar-refractivity contribution in [2.24, 2.45) is 0 Å². The van der Waals surface area contributed by atoms with Crippen LogP contribution in [-0.2, 0) is 9.53 Å². The Morgan fingerprint density at radius 2 is 2.33 bits per heavy atom. The number of esters is 1. The maximum atomic E-state index is 10.4. The smallest absolute Gasteiger partial charge is 0.350 e. The van der Waals surface area contributed by atoms with E-state index in [4.69, 9.17) is 11.5 Å². The van der Waals surface area contributed by atoms with Gasteiger partial charge in [-0.25, -0.2) is 4.79 Å². The van der Waals surface area contributed by atoms with Gasteiger partial charge in [0.15, 0.2) is 0 Å². The number of carbonyl (C=O) groups excluding carboxylic acids is 1. The quantitative estimate of drug-likeness (QED) is 0.384. The van der Waals surface area contributed by atoms with Crippen LogP contribution >= 0.6 is 0 Å². The van der Waals surface area contributed by atoms with E-state index in [2.05, 4.69) is 4.74 Å². The van der Waals surface area contributed by atoms with Gasteiger partial charge in [0.2, 0.25) is 5.60 Å². The van der Waals surface area contributed by atoms with Crippen LogP contribution in [-0.4, -0.2) is 23.8 Å². The zero-order chi connectivity index (χ0) is 7.49. The number of ether oxygens (including phenoxy) is 1. The average Bonchev–Trinajstić information content (AvgIpc) is 1.86. The minimum atomic E-state index is -1.78. The van der Waals surface area contributed by atoms with E-state index in [1.807, 2.05) is 5.92 Å². The summed E-state index contributed by atoms with van der Waals surface area (Å²) in [6, 6.07) is 0. The Labute approximate surface area is 53.6 Å². The first-order valence-electron chi connectivity index (χ1n) is 2.33. The summed E-state index contributed by atoms with van der Waals surface area (Å²) in [6.07, 6.45) is 4.78. The lowest BCUT2D eigenvalue weighted by Crippen LogP contribution is -2.34. The summed E-state index contributed by atoms with van der Waals surface area (Å²) in [5.41, 5.74) is -1.78. The Bertz CT molecular complexity index is 152. The van der Waals surface area contributed by atoms with Crippen LogP contribution in [0.2, 0.25) is 0 Å². The predicted octanol–water partition coefficient (Wildman–Crippen LogP) is -0.456. The molecule has 3 heteroatoms. The fourth-order valence-electron chi connectivity index (χ4n) is 0.258. The molecule has 3 nitrogen and oxygen atoms in total. The first-order valence-corrected chi connectivity index (χ1v) is 2.33. The molecule has 0 aromatic rings. The fraction of sp³-hybridized carbons (Fsp3) is 0.500. The van der Waals surface area contributed by atoms with Gasteiger partial charge in [-0.1, -0.05) is 5.92 Å². The molecule has 1 unspecified atom stereocenters.